The highest BCUT2D eigenvalue weighted by molar-refractivity contribution is 5.32. The van der Waals surface area contributed by atoms with Gasteiger partial charge in [-0.05, 0) is 56.6 Å². The quantitative estimate of drug-likeness (QED) is 0.784. The van der Waals surface area contributed by atoms with E-state index < -0.39 is 5.60 Å². The monoisotopic (exact) mass is 204 g/mol. The SMILES string of the molecule is CC(C)(O)CC1CCCc2ccccc21. The van der Waals surface area contributed by atoms with Gasteiger partial charge in [-0.2, -0.15) is 0 Å². The Morgan fingerprint density at radius 1 is 1.33 bits per heavy atom. The van der Waals surface area contributed by atoms with Crippen LogP contribution in [0.25, 0.3) is 0 Å². The van der Waals surface area contributed by atoms with Gasteiger partial charge in [0.2, 0.25) is 0 Å². The molecule has 1 aromatic carbocycles. The molecule has 0 fully saturated rings. The average Bonchev–Trinajstić information content (AvgIpc) is 2.16. The third kappa shape index (κ3) is 2.60. The molecule has 15 heavy (non-hydrogen) atoms. The Balaban J connectivity index is 2.22. The van der Waals surface area contributed by atoms with Crippen LogP contribution in [0.3, 0.4) is 0 Å². The van der Waals surface area contributed by atoms with E-state index in [1.165, 1.54) is 30.4 Å². The van der Waals surface area contributed by atoms with Crippen LogP contribution in [0.5, 0.6) is 0 Å². The van der Waals surface area contributed by atoms with E-state index in [1.807, 2.05) is 13.8 Å². The van der Waals surface area contributed by atoms with Gasteiger partial charge in [-0.25, -0.2) is 0 Å². The summed E-state index contributed by atoms with van der Waals surface area (Å²) in [4.78, 5) is 0. The third-order valence-corrected chi connectivity index (χ3v) is 3.24. The molecule has 1 aromatic rings. The van der Waals surface area contributed by atoms with Gasteiger partial charge >= 0.3 is 0 Å². The maximum absolute atomic E-state index is 9.90. The maximum atomic E-state index is 9.90. The number of aryl methyl sites for hydroxylation is 1. The molecule has 1 aliphatic rings. The van der Waals surface area contributed by atoms with Crippen molar-refractivity contribution in [2.45, 2.75) is 51.0 Å². The van der Waals surface area contributed by atoms with Crippen molar-refractivity contribution in [3.8, 4) is 0 Å². The highest BCUT2D eigenvalue weighted by atomic mass is 16.3. The summed E-state index contributed by atoms with van der Waals surface area (Å²) in [6, 6.07) is 8.68. The summed E-state index contributed by atoms with van der Waals surface area (Å²) in [6.07, 6.45) is 4.57. The standard InChI is InChI=1S/C14H20O/c1-14(2,15)10-12-8-5-7-11-6-3-4-9-13(11)12/h3-4,6,9,12,15H,5,7-8,10H2,1-2H3. The van der Waals surface area contributed by atoms with Crippen LogP contribution in [0.4, 0.5) is 0 Å². The minimum absolute atomic E-state index is 0.547. The van der Waals surface area contributed by atoms with Crippen LogP contribution >= 0.6 is 0 Å². The Morgan fingerprint density at radius 2 is 2.07 bits per heavy atom. The summed E-state index contributed by atoms with van der Waals surface area (Å²) in [5.74, 6) is 0.551. The van der Waals surface area contributed by atoms with Crippen LogP contribution in [-0.2, 0) is 6.42 Å². The van der Waals surface area contributed by atoms with Crippen LogP contribution in [0.2, 0.25) is 0 Å². The van der Waals surface area contributed by atoms with Crippen molar-refractivity contribution in [1.29, 1.82) is 0 Å². The highest BCUT2D eigenvalue weighted by Gasteiger charge is 2.25. The first-order chi connectivity index (χ1) is 7.06. The van der Waals surface area contributed by atoms with Gasteiger partial charge in [0.25, 0.3) is 0 Å². The van der Waals surface area contributed by atoms with E-state index in [1.54, 1.807) is 0 Å². The minimum Gasteiger partial charge on any atom is -0.390 e. The third-order valence-electron chi connectivity index (χ3n) is 3.24. The molecule has 0 saturated heterocycles. The molecule has 1 heteroatoms. The second-order valence-electron chi connectivity index (χ2n) is 5.30. The Morgan fingerprint density at radius 3 is 2.80 bits per heavy atom. The van der Waals surface area contributed by atoms with Crippen LogP contribution in [0.1, 0.15) is 50.2 Å². The zero-order chi connectivity index (χ0) is 10.9. The molecular formula is C14H20O. The molecule has 0 spiro atoms. The van der Waals surface area contributed by atoms with E-state index in [0.29, 0.717) is 5.92 Å². The Labute approximate surface area is 92.1 Å². The lowest BCUT2D eigenvalue weighted by molar-refractivity contribution is 0.0610. The largest absolute Gasteiger partial charge is 0.390 e. The summed E-state index contributed by atoms with van der Waals surface area (Å²) in [5, 5.41) is 9.90. The van der Waals surface area contributed by atoms with Crippen molar-refractivity contribution in [2.75, 3.05) is 0 Å². The zero-order valence-electron chi connectivity index (χ0n) is 9.66. The van der Waals surface area contributed by atoms with Crippen molar-refractivity contribution in [2.24, 2.45) is 0 Å². The predicted octanol–water partition coefficient (Wildman–Crippen LogP) is 3.27. The van der Waals surface area contributed by atoms with E-state index >= 15 is 0 Å². The molecule has 82 valence electrons. The minimum atomic E-state index is -0.547. The summed E-state index contributed by atoms with van der Waals surface area (Å²) < 4.78 is 0. The molecule has 0 bridgehead atoms. The summed E-state index contributed by atoms with van der Waals surface area (Å²) in [7, 11) is 0. The van der Waals surface area contributed by atoms with Gasteiger partial charge < -0.3 is 5.11 Å². The number of rotatable bonds is 2. The number of fused-ring (bicyclic) bond motifs is 1. The highest BCUT2D eigenvalue weighted by Crippen LogP contribution is 2.36. The number of aliphatic hydroxyl groups is 1. The summed E-state index contributed by atoms with van der Waals surface area (Å²) in [6.45, 7) is 3.81. The second-order valence-corrected chi connectivity index (χ2v) is 5.30. The summed E-state index contributed by atoms with van der Waals surface area (Å²) in [5.41, 5.74) is 2.40. The van der Waals surface area contributed by atoms with E-state index in [-0.39, 0.29) is 0 Å². The van der Waals surface area contributed by atoms with E-state index in [2.05, 4.69) is 24.3 Å². The molecule has 0 aromatic heterocycles. The lowest BCUT2D eigenvalue weighted by Crippen LogP contribution is -2.24. The van der Waals surface area contributed by atoms with E-state index in [0.717, 1.165) is 6.42 Å². The smallest absolute Gasteiger partial charge is 0.0597 e. The lowest BCUT2D eigenvalue weighted by Gasteiger charge is -2.30. The van der Waals surface area contributed by atoms with Gasteiger partial charge in [0.1, 0.15) is 0 Å². The molecule has 1 atom stereocenters. The van der Waals surface area contributed by atoms with Crippen molar-refractivity contribution in [1.82, 2.24) is 0 Å². The first kappa shape index (κ1) is 10.7. The first-order valence-electron chi connectivity index (χ1n) is 5.86. The Hall–Kier alpha value is -0.820. The molecular weight excluding hydrogens is 184 g/mol. The molecule has 0 heterocycles. The lowest BCUT2D eigenvalue weighted by atomic mass is 9.78. The average molecular weight is 204 g/mol. The molecule has 2 rings (SSSR count). The molecule has 0 amide bonds. The molecule has 1 N–H and O–H groups in total. The van der Waals surface area contributed by atoms with Crippen molar-refractivity contribution in [3.63, 3.8) is 0 Å². The van der Waals surface area contributed by atoms with Gasteiger partial charge in [-0.1, -0.05) is 24.3 Å². The molecule has 0 radical (unpaired) electrons. The number of hydrogen-bond donors (Lipinski definition) is 1. The fourth-order valence-electron chi connectivity index (χ4n) is 2.67. The normalized spacial score (nSPS) is 21.1. The molecule has 1 nitrogen and oxygen atoms in total. The van der Waals surface area contributed by atoms with Crippen molar-refractivity contribution >= 4 is 0 Å². The predicted molar refractivity (Wildman–Crippen MR) is 63.0 cm³/mol. The number of hydrogen-bond acceptors (Lipinski definition) is 1. The fraction of sp³-hybridized carbons (Fsp3) is 0.571. The van der Waals surface area contributed by atoms with Gasteiger partial charge in [-0.15, -0.1) is 0 Å². The van der Waals surface area contributed by atoms with Gasteiger partial charge in [0, 0.05) is 0 Å². The molecule has 0 aliphatic heterocycles. The molecule has 1 aliphatic carbocycles. The number of benzene rings is 1. The first-order valence-corrected chi connectivity index (χ1v) is 5.86. The fourth-order valence-corrected chi connectivity index (χ4v) is 2.67. The van der Waals surface area contributed by atoms with Crippen LogP contribution < -0.4 is 0 Å². The Bertz CT molecular complexity index is 335. The van der Waals surface area contributed by atoms with Crippen LogP contribution in [0, 0.1) is 0 Å². The Kier molecular flexibility index (Phi) is 2.83. The summed E-state index contributed by atoms with van der Waals surface area (Å²) >= 11 is 0. The van der Waals surface area contributed by atoms with Crippen molar-refractivity contribution < 1.29 is 5.11 Å². The molecule has 1 unspecified atom stereocenters. The van der Waals surface area contributed by atoms with Gasteiger partial charge in [0.15, 0.2) is 0 Å². The van der Waals surface area contributed by atoms with Crippen molar-refractivity contribution in [3.05, 3.63) is 35.4 Å². The van der Waals surface area contributed by atoms with E-state index in [4.69, 9.17) is 0 Å². The zero-order valence-corrected chi connectivity index (χ0v) is 9.66. The van der Waals surface area contributed by atoms with Crippen LogP contribution in [0.15, 0.2) is 24.3 Å². The van der Waals surface area contributed by atoms with Gasteiger partial charge in [0.05, 0.1) is 5.60 Å². The molecule has 0 saturated carbocycles. The maximum Gasteiger partial charge on any atom is 0.0597 e. The van der Waals surface area contributed by atoms with Crippen LogP contribution in [-0.4, -0.2) is 10.7 Å². The second kappa shape index (κ2) is 3.97. The topological polar surface area (TPSA) is 20.2 Å². The van der Waals surface area contributed by atoms with Gasteiger partial charge in [-0.3, -0.25) is 0 Å². The van der Waals surface area contributed by atoms with E-state index in [9.17, 15) is 5.11 Å².